The second-order valence-electron chi connectivity index (χ2n) is 5.05. The Kier molecular flexibility index (Phi) is 4.88. The maximum atomic E-state index is 12.4. The number of halogens is 3. The van der Waals surface area contributed by atoms with Crippen LogP contribution in [0, 0.1) is 0 Å². The van der Waals surface area contributed by atoms with E-state index >= 15 is 0 Å². The van der Waals surface area contributed by atoms with E-state index in [9.17, 15) is 13.2 Å². The molecule has 2 rings (SSSR count). The summed E-state index contributed by atoms with van der Waals surface area (Å²) in [6.45, 7) is 1.89. The number of alkyl halides is 3. The molecule has 1 heterocycles. The van der Waals surface area contributed by atoms with Crippen LogP contribution in [0.15, 0.2) is 24.3 Å². The number of piperazine rings is 1. The zero-order chi connectivity index (χ0) is 14.6. The van der Waals surface area contributed by atoms with Gasteiger partial charge in [0.25, 0.3) is 0 Å². The van der Waals surface area contributed by atoms with Crippen molar-refractivity contribution in [1.82, 2.24) is 4.90 Å². The zero-order valence-electron chi connectivity index (χ0n) is 11.4. The molecule has 20 heavy (non-hydrogen) atoms. The summed E-state index contributed by atoms with van der Waals surface area (Å²) in [4.78, 5) is 3.61. The molecule has 1 fully saturated rings. The fourth-order valence-electron chi connectivity index (χ4n) is 2.59. The second kappa shape index (κ2) is 6.45. The van der Waals surface area contributed by atoms with E-state index in [0.29, 0.717) is 32.7 Å². The Hall–Kier alpha value is -1.27. The highest BCUT2D eigenvalue weighted by Gasteiger charge is 2.32. The lowest BCUT2D eigenvalue weighted by molar-refractivity contribution is -0.146. The van der Waals surface area contributed by atoms with Crippen LogP contribution in [0.4, 0.5) is 18.9 Å². The van der Waals surface area contributed by atoms with E-state index in [1.54, 1.807) is 0 Å². The van der Waals surface area contributed by atoms with Crippen molar-refractivity contribution in [1.29, 1.82) is 0 Å². The molecule has 1 aliphatic heterocycles. The fourth-order valence-corrected chi connectivity index (χ4v) is 2.59. The molecule has 1 aromatic rings. The van der Waals surface area contributed by atoms with Gasteiger partial charge in [-0.1, -0.05) is 18.2 Å². The molecular weight excluding hydrogens is 267 g/mol. The average molecular weight is 287 g/mol. The Morgan fingerprint density at radius 3 is 2.30 bits per heavy atom. The molecule has 0 atom stereocenters. The first-order chi connectivity index (χ1) is 9.49. The van der Waals surface area contributed by atoms with Crippen LogP contribution in [-0.2, 0) is 6.42 Å². The number of anilines is 1. The van der Waals surface area contributed by atoms with Gasteiger partial charge in [0.1, 0.15) is 0 Å². The predicted molar refractivity (Wildman–Crippen MR) is 73.9 cm³/mol. The Balaban J connectivity index is 1.97. The van der Waals surface area contributed by atoms with Crippen molar-refractivity contribution < 1.29 is 13.2 Å². The van der Waals surface area contributed by atoms with Crippen LogP contribution in [0.3, 0.4) is 0 Å². The monoisotopic (exact) mass is 287 g/mol. The number of para-hydroxylation sites is 1. The molecule has 1 saturated heterocycles. The van der Waals surface area contributed by atoms with Crippen molar-refractivity contribution in [3.63, 3.8) is 0 Å². The molecule has 2 N–H and O–H groups in total. The van der Waals surface area contributed by atoms with Crippen molar-refractivity contribution in [3.8, 4) is 0 Å². The first kappa shape index (κ1) is 15.1. The predicted octanol–water partition coefficient (Wildman–Crippen LogP) is 1.87. The Bertz CT molecular complexity index is 426. The van der Waals surface area contributed by atoms with Gasteiger partial charge in [0.15, 0.2) is 0 Å². The molecule has 0 aromatic heterocycles. The Morgan fingerprint density at radius 1 is 1.05 bits per heavy atom. The summed E-state index contributed by atoms with van der Waals surface area (Å²) >= 11 is 0. The van der Waals surface area contributed by atoms with Crippen molar-refractivity contribution in [2.75, 3.05) is 44.2 Å². The van der Waals surface area contributed by atoms with E-state index in [-0.39, 0.29) is 0 Å². The van der Waals surface area contributed by atoms with Crippen molar-refractivity contribution in [2.45, 2.75) is 12.6 Å². The molecule has 0 spiro atoms. The second-order valence-corrected chi connectivity index (χ2v) is 5.05. The summed E-state index contributed by atoms with van der Waals surface area (Å²) in [5.74, 6) is 0. The van der Waals surface area contributed by atoms with Gasteiger partial charge in [-0.15, -0.1) is 0 Å². The first-order valence-corrected chi connectivity index (χ1v) is 6.81. The number of nitrogens with zero attached hydrogens (tertiary/aromatic N) is 2. The normalized spacial score (nSPS) is 17.5. The number of nitrogens with two attached hydrogens (primary N) is 1. The maximum Gasteiger partial charge on any atom is 0.401 e. The smallest absolute Gasteiger partial charge is 0.369 e. The minimum absolute atomic E-state index is 0.441. The van der Waals surface area contributed by atoms with Crippen LogP contribution in [0.2, 0.25) is 0 Å². The van der Waals surface area contributed by atoms with Crippen LogP contribution < -0.4 is 10.6 Å². The van der Waals surface area contributed by atoms with Crippen LogP contribution in [0.25, 0.3) is 0 Å². The molecular formula is C14H20F3N3. The lowest BCUT2D eigenvalue weighted by atomic mass is 10.1. The van der Waals surface area contributed by atoms with Gasteiger partial charge in [-0.05, 0) is 24.6 Å². The largest absolute Gasteiger partial charge is 0.401 e. The van der Waals surface area contributed by atoms with Gasteiger partial charge in [0.05, 0.1) is 6.54 Å². The summed E-state index contributed by atoms with van der Waals surface area (Å²) < 4.78 is 37.1. The highest BCUT2D eigenvalue weighted by atomic mass is 19.4. The summed E-state index contributed by atoms with van der Waals surface area (Å²) in [6, 6.07) is 7.97. The van der Waals surface area contributed by atoms with Gasteiger partial charge >= 0.3 is 6.18 Å². The van der Waals surface area contributed by atoms with Crippen LogP contribution >= 0.6 is 0 Å². The van der Waals surface area contributed by atoms with Crippen LogP contribution in [0.1, 0.15) is 5.56 Å². The van der Waals surface area contributed by atoms with E-state index in [4.69, 9.17) is 5.73 Å². The van der Waals surface area contributed by atoms with Crippen molar-refractivity contribution in [2.24, 2.45) is 5.73 Å². The molecule has 6 heteroatoms. The van der Waals surface area contributed by atoms with Crippen molar-refractivity contribution >= 4 is 5.69 Å². The third-order valence-corrected chi connectivity index (χ3v) is 3.52. The summed E-state index contributed by atoms with van der Waals surface area (Å²) in [6.07, 6.45) is -3.32. The molecule has 0 saturated carbocycles. The number of hydrogen-bond acceptors (Lipinski definition) is 3. The lowest BCUT2D eigenvalue weighted by Gasteiger charge is -2.37. The molecule has 1 aromatic carbocycles. The molecule has 0 amide bonds. The molecule has 3 nitrogen and oxygen atoms in total. The van der Waals surface area contributed by atoms with Gasteiger partial charge in [0, 0.05) is 31.9 Å². The van der Waals surface area contributed by atoms with E-state index in [1.807, 2.05) is 24.3 Å². The molecule has 1 aliphatic rings. The fraction of sp³-hybridized carbons (Fsp3) is 0.571. The van der Waals surface area contributed by atoms with E-state index in [1.165, 1.54) is 10.5 Å². The number of hydrogen-bond donors (Lipinski definition) is 1. The van der Waals surface area contributed by atoms with Gasteiger partial charge in [-0.3, -0.25) is 4.90 Å². The highest BCUT2D eigenvalue weighted by molar-refractivity contribution is 5.54. The Labute approximate surface area is 117 Å². The molecule has 0 radical (unpaired) electrons. The topological polar surface area (TPSA) is 32.5 Å². The van der Waals surface area contributed by atoms with E-state index in [2.05, 4.69) is 4.90 Å². The molecule has 0 aliphatic carbocycles. The minimum atomic E-state index is -4.11. The third kappa shape index (κ3) is 4.11. The average Bonchev–Trinajstić information content (AvgIpc) is 2.39. The quantitative estimate of drug-likeness (QED) is 0.917. The minimum Gasteiger partial charge on any atom is -0.369 e. The number of benzene rings is 1. The van der Waals surface area contributed by atoms with Gasteiger partial charge in [-0.2, -0.15) is 13.2 Å². The Morgan fingerprint density at radius 2 is 1.70 bits per heavy atom. The SMILES string of the molecule is NCCc1ccccc1N1CCN(CC(F)(F)F)CC1. The summed E-state index contributed by atoms with van der Waals surface area (Å²) in [7, 11) is 0. The van der Waals surface area contributed by atoms with Crippen molar-refractivity contribution in [3.05, 3.63) is 29.8 Å². The first-order valence-electron chi connectivity index (χ1n) is 6.81. The van der Waals surface area contributed by atoms with E-state index in [0.717, 1.165) is 12.1 Å². The highest BCUT2D eigenvalue weighted by Crippen LogP contribution is 2.23. The molecule has 0 bridgehead atoms. The standard InChI is InChI=1S/C14H20F3N3/c15-14(16,17)11-19-7-9-20(10-8-19)13-4-2-1-3-12(13)5-6-18/h1-4H,5-11,18H2. The van der Waals surface area contributed by atoms with Crippen LogP contribution in [-0.4, -0.2) is 50.3 Å². The molecule has 0 unspecified atom stereocenters. The van der Waals surface area contributed by atoms with Gasteiger partial charge in [0.2, 0.25) is 0 Å². The van der Waals surface area contributed by atoms with E-state index < -0.39 is 12.7 Å². The summed E-state index contributed by atoms with van der Waals surface area (Å²) in [5, 5.41) is 0. The maximum absolute atomic E-state index is 12.4. The zero-order valence-corrected chi connectivity index (χ0v) is 11.4. The van der Waals surface area contributed by atoms with Gasteiger partial charge in [-0.25, -0.2) is 0 Å². The number of rotatable bonds is 4. The molecule has 112 valence electrons. The van der Waals surface area contributed by atoms with Crippen LogP contribution in [0.5, 0.6) is 0 Å². The lowest BCUT2D eigenvalue weighted by Crippen LogP contribution is -2.49. The third-order valence-electron chi connectivity index (χ3n) is 3.52. The summed E-state index contributed by atoms with van der Waals surface area (Å²) in [5.41, 5.74) is 7.87. The van der Waals surface area contributed by atoms with Gasteiger partial charge < -0.3 is 10.6 Å².